The third-order valence-electron chi connectivity index (χ3n) is 1.64. The molecule has 1 heterocycles. The summed E-state index contributed by atoms with van der Waals surface area (Å²) in [6.07, 6.45) is 0. The van der Waals surface area contributed by atoms with Crippen molar-refractivity contribution in [2.45, 2.75) is 13.0 Å². The molecule has 1 fully saturated rings. The van der Waals surface area contributed by atoms with Gasteiger partial charge in [0.1, 0.15) is 0 Å². The van der Waals surface area contributed by atoms with Crippen LogP contribution in [0, 0.1) is 0 Å². The second-order valence-corrected chi connectivity index (χ2v) is 2.56. The Morgan fingerprint density at radius 2 is 2.33 bits per heavy atom. The maximum Gasteiger partial charge on any atom is 0.0401 e. The van der Waals surface area contributed by atoms with Crippen molar-refractivity contribution in [1.82, 2.24) is 10.6 Å². The zero-order valence-electron chi connectivity index (χ0n) is 5.91. The second kappa shape index (κ2) is 2.99. The van der Waals surface area contributed by atoms with Crippen LogP contribution in [0.3, 0.4) is 0 Å². The number of hydrogen-bond acceptors (Lipinski definition) is 2. The minimum atomic E-state index is 0.499. The molecule has 2 heteroatoms. The Balaban J connectivity index is 2.31. The maximum absolute atomic E-state index is 3.88. The molecule has 1 atom stereocenters. The summed E-state index contributed by atoms with van der Waals surface area (Å²) in [6, 6.07) is 0.499. The SMILES string of the molecule is C=C(C)[C@@H]1CNCCN1. The number of hydrogen-bond donors (Lipinski definition) is 2. The highest BCUT2D eigenvalue weighted by atomic mass is 15.1. The molecule has 0 amide bonds. The third-order valence-corrected chi connectivity index (χ3v) is 1.64. The van der Waals surface area contributed by atoms with Gasteiger partial charge in [-0.05, 0) is 6.92 Å². The predicted octanol–water partition coefficient (Wildman–Crippen LogP) is 0.124. The molecule has 0 bridgehead atoms. The average molecular weight is 126 g/mol. The van der Waals surface area contributed by atoms with E-state index in [0.717, 1.165) is 19.6 Å². The van der Waals surface area contributed by atoms with E-state index in [0.29, 0.717) is 6.04 Å². The van der Waals surface area contributed by atoms with E-state index in [1.165, 1.54) is 5.57 Å². The van der Waals surface area contributed by atoms with E-state index in [9.17, 15) is 0 Å². The van der Waals surface area contributed by atoms with Gasteiger partial charge in [-0.2, -0.15) is 0 Å². The lowest BCUT2D eigenvalue weighted by Crippen LogP contribution is -2.48. The van der Waals surface area contributed by atoms with E-state index in [-0.39, 0.29) is 0 Å². The molecular formula is C7H14N2. The molecule has 1 aliphatic heterocycles. The maximum atomic E-state index is 3.88. The summed E-state index contributed by atoms with van der Waals surface area (Å²) in [5.41, 5.74) is 1.22. The van der Waals surface area contributed by atoms with Crippen LogP contribution in [0.1, 0.15) is 6.92 Å². The standard InChI is InChI=1S/C7H14N2/c1-6(2)7-5-8-3-4-9-7/h7-9H,1,3-5H2,2H3/t7-/m0/s1. The first kappa shape index (κ1) is 6.78. The van der Waals surface area contributed by atoms with Crippen molar-refractivity contribution in [3.63, 3.8) is 0 Å². The first-order valence-electron chi connectivity index (χ1n) is 3.40. The fourth-order valence-corrected chi connectivity index (χ4v) is 1.00. The van der Waals surface area contributed by atoms with Crippen molar-refractivity contribution in [1.29, 1.82) is 0 Å². The quantitative estimate of drug-likeness (QED) is 0.488. The molecule has 1 aliphatic rings. The summed E-state index contributed by atoms with van der Waals surface area (Å²) in [4.78, 5) is 0. The Hall–Kier alpha value is -0.340. The van der Waals surface area contributed by atoms with Crippen molar-refractivity contribution in [3.05, 3.63) is 12.2 Å². The van der Waals surface area contributed by atoms with E-state index in [2.05, 4.69) is 24.1 Å². The van der Waals surface area contributed by atoms with E-state index < -0.39 is 0 Å². The minimum absolute atomic E-state index is 0.499. The summed E-state index contributed by atoms with van der Waals surface area (Å²) >= 11 is 0. The molecule has 2 nitrogen and oxygen atoms in total. The second-order valence-electron chi connectivity index (χ2n) is 2.56. The molecule has 0 unspecified atom stereocenters. The smallest absolute Gasteiger partial charge is 0.0401 e. The van der Waals surface area contributed by atoms with E-state index in [4.69, 9.17) is 0 Å². The van der Waals surface area contributed by atoms with Gasteiger partial charge in [-0.1, -0.05) is 12.2 Å². The molecule has 0 spiro atoms. The van der Waals surface area contributed by atoms with Gasteiger partial charge in [-0.3, -0.25) is 0 Å². The zero-order valence-corrected chi connectivity index (χ0v) is 5.91. The van der Waals surface area contributed by atoms with Crippen LogP contribution in [0.2, 0.25) is 0 Å². The third kappa shape index (κ3) is 1.80. The van der Waals surface area contributed by atoms with Gasteiger partial charge in [-0.25, -0.2) is 0 Å². The lowest BCUT2D eigenvalue weighted by atomic mass is 10.1. The number of piperazine rings is 1. The largest absolute Gasteiger partial charge is 0.314 e. The first-order valence-corrected chi connectivity index (χ1v) is 3.40. The first-order chi connectivity index (χ1) is 4.30. The van der Waals surface area contributed by atoms with Gasteiger partial charge in [0.25, 0.3) is 0 Å². The Morgan fingerprint density at radius 1 is 1.56 bits per heavy atom. The van der Waals surface area contributed by atoms with Crippen LogP contribution in [-0.2, 0) is 0 Å². The molecule has 0 aromatic carbocycles. The molecule has 52 valence electrons. The van der Waals surface area contributed by atoms with Crippen LogP contribution in [0.5, 0.6) is 0 Å². The van der Waals surface area contributed by atoms with Gasteiger partial charge in [0.2, 0.25) is 0 Å². The summed E-state index contributed by atoms with van der Waals surface area (Å²) in [5, 5.41) is 6.65. The molecule has 0 aromatic heterocycles. The Bertz CT molecular complexity index is 103. The van der Waals surface area contributed by atoms with Gasteiger partial charge in [0, 0.05) is 25.7 Å². The van der Waals surface area contributed by atoms with E-state index in [1.54, 1.807) is 0 Å². The fourth-order valence-electron chi connectivity index (χ4n) is 1.00. The average Bonchev–Trinajstić information content (AvgIpc) is 1.90. The van der Waals surface area contributed by atoms with Crippen LogP contribution in [0.25, 0.3) is 0 Å². The summed E-state index contributed by atoms with van der Waals surface area (Å²) < 4.78 is 0. The molecule has 0 aliphatic carbocycles. The molecule has 0 aromatic rings. The van der Waals surface area contributed by atoms with Crippen molar-refractivity contribution in [2.75, 3.05) is 19.6 Å². The number of nitrogens with one attached hydrogen (secondary N) is 2. The molecule has 2 N–H and O–H groups in total. The van der Waals surface area contributed by atoms with Crippen LogP contribution < -0.4 is 10.6 Å². The molecule has 0 radical (unpaired) electrons. The predicted molar refractivity (Wildman–Crippen MR) is 39.5 cm³/mol. The molecule has 9 heavy (non-hydrogen) atoms. The Kier molecular flexibility index (Phi) is 2.25. The van der Waals surface area contributed by atoms with Gasteiger partial charge in [0.05, 0.1) is 0 Å². The number of rotatable bonds is 1. The highest BCUT2D eigenvalue weighted by molar-refractivity contribution is 5.03. The molecule has 1 saturated heterocycles. The van der Waals surface area contributed by atoms with E-state index in [1.807, 2.05) is 0 Å². The van der Waals surface area contributed by atoms with Crippen LogP contribution in [0.4, 0.5) is 0 Å². The Morgan fingerprint density at radius 3 is 2.67 bits per heavy atom. The van der Waals surface area contributed by atoms with Crippen molar-refractivity contribution >= 4 is 0 Å². The summed E-state index contributed by atoms with van der Waals surface area (Å²) in [7, 11) is 0. The molecule has 1 rings (SSSR count). The van der Waals surface area contributed by atoms with Gasteiger partial charge in [0.15, 0.2) is 0 Å². The fraction of sp³-hybridized carbons (Fsp3) is 0.714. The Labute approximate surface area is 56.3 Å². The van der Waals surface area contributed by atoms with Crippen molar-refractivity contribution in [2.24, 2.45) is 0 Å². The summed E-state index contributed by atoms with van der Waals surface area (Å²) in [5.74, 6) is 0. The van der Waals surface area contributed by atoms with Crippen LogP contribution in [-0.4, -0.2) is 25.7 Å². The minimum Gasteiger partial charge on any atom is -0.314 e. The monoisotopic (exact) mass is 126 g/mol. The van der Waals surface area contributed by atoms with Crippen LogP contribution in [0.15, 0.2) is 12.2 Å². The molecular weight excluding hydrogens is 112 g/mol. The highest BCUT2D eigenvalue weighted by Crippen LogP contribution is 1.97. The van der Waals surface area contributed by atoms with Crippen LogP contribution >= 0.6 is 0 Å². The lowest BCUT2D eigenvalue weighted by Gasteiger charge is -2.24. The highest BCUT2D eigenvalue weighted by Gasteiger charge is 2.10. The van der Waals surface area contributed by atoms with Gasteiger partial charge in [-0.15, -0.1) is 0 Å². The zero-order chi connectivity index (χ0) is 6.69. The van der Waals surface area contributed by atoms with E-state index >= 15 is 0 Å². The summed E-state index contributed by atoms with van der Waals surface area (Å²) in [6.45, 7) is 9.13. The van der Waals surface area contributed by atoms with Gasteiger partial charge < -0.3 is 10.6 Å². The topological polar surface area (TPSA) is 24.1 Å². The van der Waals surface area contributed by atoms with Crippen molar-refractivity contribution < 1.29 is 0 Å². The van der Waals surface area contributed by atoms with Gasteiger partial charge >= 0.3 is 0 Å². The lowest BCUT2D eigenvalue weighted by molar-refractivity contribution is 0.457. The molecule has 0 saturated carbocycles. The normalized spacial score (nSPS) is 27.9. The van der Waals surface area contributed by atoms with Crippen molar-refractivity contribution in [3.8, 4) is 0 Å².